The zero-order chi connectivity index (χ0) is 22.0. The highest BCUT2D eigenvalue weighted by molar-refractivity contribution is 6.36. The van der Waals surface area contributed by atoms with Crippen molar-refractivity contribution in [2.45, 2.75) is 6.42 Å². The maximum Gasteiger partial charge on any atom is 0.262 e. The highest BCUT2D eigenvalue weighted by Crippen LogP contribution is 2.31. The van der Waals surface area contributed by atoms with E-state index in [9.17, 15) is 14.0 Å². The molecule has 1 amide bonds. The van der Waals surface area contributed by atoms with E-state index in [0.29, 0.717) is 28.8 Å². The van der Waals surface area contributed by atoms with Gasteiger partial charge < -0.3 is 4.90 Å². The van der Waals surface area contributed by atoms with Crippen LogP contribution in [0.3, 0.4) is 0 Å². The maximum atomic E-state index is 13.8. The largest absolute Gasteiger partial charge is 0.311 e. The molecule has 31 heavy (non-hydrogen) atoms. The number of likely N-dealkylation sites (N-methyl/N-ethyl adjacent to an activating group) is 1. The molecule has 1 heterocycles. The van der Waals surface area contributed by atoms with Crippen LogP contribution < -0.4 is 4.90 Å². The lowest BCUT2D eigenvalue weighted by Gasteiger charge is -2.26. The lowest BCUT2D eigenvalue weighted by molar-refractivity contribution is -0.114. The molecule has 0 spiro atoms. The van der Waals surface area contributed by atoms with Gasteiger partial charge in [0.05, 0.1) is 16.3 Å². The standard InChI is InChI=1S/C26H17ClFNO2/c1-29-24-13-11-18(9-5-8-17-6-3-2-4-7-17)14-20(24)25(30)21(26(29)31)15-19-10-12-22(27)23(28)16-19/h2-4,6-7,10-16H,8H2,1H3/b21-15+. The van der Waals surface area contributed by atoms with Gasteiger partial charge in [0.15, 0.2) is 0 Å². The van der Waals surface area contributed by atoms with Crippen molar-refractivity contribution < 1.29 is 14.0 Å². The summed E-state index contributed by atoms with van der Waals surface area (Å²) in [5.41, 5.74) is 3.04. The number of nitrogens with zero attached hydrogens (tertiary/aromatic N) is 1. The van der Waals surface area contributed by atoms with Crippen molar-refractivity contribution in [2.75, 3.05) is 11.9 Å². The first-order valence-electron chi connectivity index (χ1n) is 9.60. The summed E-state index contributed by atoms with van der Waals surface area (Å²) in [5, 5.41) is -0.0235. The van der Waals surface area contributed by atoms with Crippen molar-refractivity contribution in [1.29, 1.82) is 0 Å². The van der Waals surface area contributed by atoms with Crippen LogP contribution in [0.4, 0.5) is 10.1 Å². The number of ketones is 1. The lowest BCUT2D eigenvalue weighted by atomic mass is 9.92. The fraction of sp³-hybridized carbons (Fsp3) is 0.0769. The number of carbonyl (C=O) groups excluding carboxylic acids is 2. The van der Waals surface area contributed by atoms with Crippen molar-refractivity contribution in [1.82, 2.24) is 0 Å². The topological polar surface area (TPSA) is 37.4 Å². The summed E-state index contributed by atoms with van der Waals surface area (Å²) in [6.45, 7) is 0. The van der Waals surface area contributed by atoms with E-state index in [1.807, 2.05) is 30.3 Å². The number of carbonyl (C=O) groups is 2. The number of amides is 1. The number of halogens is 2. The average Bonchev–Trinajstić information content (AvgIpc) is 2.78. The van der Waals surface area contributed by atoms with E-state index in [4.69, 9.17) is 11.6 Å². The Bertz CT molecular complexity index is 1290. The summed E-state index contributed by atoms with van der Waals surface area (Å²) in [6.07, 6.45) is 1.98. The number of benzene rings is 3. The number of hydrogen-bond acceptors (Lipinski definition) is 2. The molecule has 3 nitrogen and oxygen atoms in total. The summed E-state index contributed by atoms with van der Waals surface area (Å²) in [7, 11) is 1.60. The van der Waals surface area contributed by atoms with Crippen LogP contribution in [0.15, 0.2) is 72.3 Å². The molecule has 0 fully saturated rings. The predicted molar refractivity (Wildman–Crippen MR) is 121 cm³/mol. The molecule has 0 saturated carbocycles. The van der Waals surface area contributed by atoms with Gasteiger partial charge in [0.25, 0.3) is 5.91 Å². The summed E-state index contributed by atoms with van der Waals surface area (Å²) in [5.74, 6) is 4.71. The van der Waals surface area contributed by atoms with Crippen LogP contribution in [-0.2, 0) is 11.2 Å². The number of rotatable bonds is 2. The van der Waals surface area contributed by atoms with Gasteiger partial charge in [-0.2, -0.15) is 0 Å². The van der Waals surface area contributed by atoms with Crippen molar-refractivity contribution in [2.24, 2.45) is 0 Å². The molecule has 152 valence electrons. The van der Waals surface area contributed by atoms with E-state index in [2.05, 4.69) is 11.8 Å². The summed E-state index contributed by atoms with van der Waals surface area (Å²) in [4.78, 5) is 27.3. The molecule has 4 rings (SSSR count). The summed E-state index contributed by atoms with van der Waals surface area (Å²) >= 11 is 5.72. The van der Waals surface area contributed by atoms with E-state index in [1.54, 1.807) is 31.3 Å². The van der Waals surface area contributed by atoms with Crippen LogP contribution in [0.2, 0.25) is 5.02 Å². The minimum atomic E-state index is -0.614. The van der Waals surface area contributed by atoms with Gasteiger partial charge in [0, 0.05) is 24.6 Å². The van der Waals surface area contributed by atoms with Gasteiger partial charge in [0.1, 0.15) is 5.82 Å². The van der Waals surface area contributed by atoms with Crippen LogP contribution in [0.1, 0.15) is 27.0 Å². The molecule has 0 aromatic heterocycles. The molecule has 0 N–H and O–H groups in total. The third kappa shape index (κ3) is 4.28. The van der Waals surface area contributed by atoms with Gasteiger partial charge in [-0.1, -0.05) is 59.8 Å². The number of hydrogen-bond donors (Lipinski definition) is 0. The third-order valence-electron chi connectivity index (χ3n) is 5.00. The van der Waals surface area contributed by atoms with Crippen molar-refractivity contribution in [3.05, 3.63) is 105 Å². The van der Waals surface area contributed by atoms with Crippen molar-refractivity contribution >= 4 is 35.1 Å². The maximum absolute atomic E-state index is 13.8. The second-order valence-electron chi connectivity index (χ2n) is 7.12. The number of Topliss-reactive ketones (excluding diaryl/α,β-unsaturated/α-hetero) is 1. The van der Waals surface area contributed by atoms with E-state index in [-0.39, 0.29) is 10.6 Å². The van der Waals surface area contributed by atoms with Gasteiger partial charge in [-0.15, -0.1) is 0 Å². The molecule has 0 aliphatic carbocycles. The fourth-order valence-electron chi connectivity index (χ4n) is 3.36. The van der Waals surface area contributed by atoms with E-state index in [0.717, 1.165) is 5.56 Å². The van der Waals surface area contributed by atoms with Gasteiger partial charge in [0.2, 0.25) is 5.78 Å². The first-order chi connectivity index (χ1) is 14.9. The van der Waals surface area contributed by atoms with E-state index < -0.39 is 17.5 Å². The Labute approximate surface area is 184 Å². The molecular formula is C26H17ClFNO2. The van der Waals surface area contributed by atoms with Crippen molar-refractivity contribution in [3.63, 3.8) is 0 Å². The SMILES string of the molecule is CN1C(=O)/C(=C/c2ccc(Cl)c(F)c2)C(=O)c2cc(C#CCc3ccccc3)ccc21. The Balaban J connectivity index is 1.67. The minimum absolute atomic E-state index is 0.0235. The Morgan fingerprint density at radius 2 is 1.81 bits per heavy atom. The third-order valence-corrected chi connectivity index (χ3v) is 5.31. The number of fused-ring (bicyclic) bond motifs is 1. The molecule has 3 aromatic carbocycles. The first-order valence-corrected chi connectivity index (χ1v) is 9.98. The van der Waals surface area contributed by atoms with Gasteiger partial charge >= 0.3 is 0 Å². The molecule has 0 saturated heterocycles. The quantitative estimate of drug-likeness (QED) is 0.314. The smallest absolute Gasteiger partial charge is 0.262 e. The van der Waals surface area contributed by atoms with Crippen LogP contribution >= 0.6 is 11.6 Å². The molecule has 1 aliphatic rings. The Hall–Kier alpha value is -3.68. The first kappa shape index (κ1) is 20.6. The van der Waals surface area contributed by atoms with E-state index in [1.165, 1.54) is 23.1 Å². The number of anilines is 1. The summed E-state index contributed by atoms with van der Waals surface area (Å²) < 4.78 is 13.8. The second-order valence-corrected chi connectivity index (χ2v) is 7.53. The molecule has 0 bridgehead atoms. The van der Waals surface area contributed by atoms with Gasteiger partial charge in [-0.25, -0.2) is 4.39 Å². The second kappa shape index (κ2) is 8.59. The predicted octanol–water partition coefficient (Wildman–Crippen LogP) is 5.32. The van der Waals surface area contributed by atoms with Crippen LogP contribution in [0.25, 0.3) is 6.08 Å². The molecule has 0 atom stereocenters. The molecule has 0 radical (unpaired) electrons. The van der Waals surface area contributed by atoms with Crippen LogP contribution in [-0.4, -0.2) is 18.7 Å². The monoisotopic (exact) mass is 429 g/mol. The van der Waals surface area contributed by atoms with Gasteiger partial charge in [-0.3, -0.25) is 9.59 Å². The molecule has 5 heteroatoms. The lowest BCUT2D eigenvalue weighted by Crippen LogP contribution is -2.36. The minimum Gasteiger partial charge on any atom is -0.311 e. The Morgan fingerprint density at radius 1 is 1.03 bits per heavy atom. The molecule has 0 unspecified atom stereocenters. The zero-order valence-corrected chi connectivity index (χ0v) is 17.4. The Morgan fingerprint density at radius 3 is 2.55 bits per heavy atom. The van der Waals surface area contributed by atoms with Crippen LogP contribution in [0.5, 0.6) is 0 Å². The molecule has 1 aliphatic heterocycles. The highest BCUT2D eigenvalue weighted by atomic mass is 35.5. The highest BCUT2D eigenvalue weighted by Gasteiger charge is 2.32. The average molecular weight is 430 g/mol. The van der Waals surface area contributed by atoms with Crippen molar-refractivity contribution in [3.8, 4) is 11.8 Å². The fourth-order valence-corrected chi connectivity index (χ4v) is 3.48. The molecular weight excluding hydrogens is 413 g/mol. The normalized spacial score (nSPS) is 14.3. The summed E-state index contributed by atoms with van der Waals surface area (Å²) in [6, 6.07) is 19.2. The van der Waals surface area contributed by atoms with Crippen LogP contribution in [0, 0.1) is 17.7 Å². The Kier molecular flexibility index (Phi) is 5.70. The molecule has 3 aromatic rings. The zero-order valence-electron chi connectivity index (χ0n) is 16.7. The van der Waals surface area contributed by atoms with Gasteiger partial charge in [-0.05, 0) is 47.5 Å². The van der Waals surface area contributed by atoms with E-state index >= 15 is 0 Å².